The maximum absolute atomic E-state index is 13.5. The van der Waals surface area contributed by atoms with E-state index < -0.39 is 35.3 Å². The van der Waals surface area contributed by atoms with Gasteiger partial charge in [-0.15, -0.1) is 0 Å². The SMILES string of the molecule is CN(C(=O)[C@H](Cc1cc(F)cc(F)c1)NC(=O)OC(C)(C)C)c1cccnc1.S. The summed E-state index contributed by atoms with van der Waals surface area (Å²) in [4.78, 5) is 30.4. The molecule has 2 aromatic rings. The molecule has 1 atom stereocenters. The Bertz CT molecular complexity index is 824. The summed E-state index contributed by atoms with van der Waals surface area (Å²) in [5.74, 6) is -2.01. The van der Waals surface area contributed by atoms with E-state index in [9.17, 15) is 18.4 Å². The van der Waals surface area contributed by atoms with Crippen LogP contribution in [0.4, 0.5) is 19.3 Å². The Morgan fingerprint density at radius 1 is 1.21 bits per heavy atom. The van der Waals surface area contributed by atoms with Crippen molar-refractivity contribution in [1.29, 1.82) is 0 Å². The van der Waals surface area contributed by atoms with Crippen LogP contribution in [0.5, 0.6) is 0 Å². The van der Waals surface area contributed by atoms with E-state index in [1.54, 1.807) is 39.1 Å². The number of nitrogens with zero attached hydrogens (tertiary/aromatic N) is 2. The first-order valence-electron chi connectivity index (χ1n) is 8.67. The van der Waals surface area contributed by atoms with Gasteiger partial charge < -0.3 is 15.0 Å². The normalized spacial score (nSPS) is 11.8. The van der Waals surface area contributed by atoms with E-state index >= 15 is 0 Å². The minimum atomic E-state index is -1.10. The number of pyridine rings is 1. The summed E-state index contributed by atoms with van der Waals surface area (Å²) in [5.41, 5.74) is -0.0295. The van der Waals surface area contributed by atoms with Gasteiger partial charge in [0.05, 0.1) is 11.9 Å². The summed E-state index contributed by atoms with van der Waals surface area (Å²) in [5, 5.41) is 2.49. The molecule has 6 nitrogen and oxygen atoms in total. The molecule has 1 aromatic carbocycles. The number of amides is 2. The number of carbonyl (C=O) groups excluding carboxylic acids is 2. The standard InChI is InChI=1S/C20H23F2N3O3.H2S/c1-20(2,3)28-19(27)24-17(10-13-8-14(21)11-15(22)9-13)18(26)25(4)16-6-5-7-23-12-16;/h5-9,11-12,17H,10H2,1-4H3,(H,24,27);1H2/t17-;/m0./s1. The van der Waals surface area contributed by atoms with Crippen LogP contribution in [0.25, 0.3) is 0 Å². The van der Waals surface area contributed by atoms with Gasteiger partial charge in [-0.2, -0.15) is 13.5 Å². The lowest BCUT2D eigenvalue weighted by Crippen LogP contribution is -2.50. The number of alkyl carbamates (subject to hydrolysis) is 1. The molecule has 0 aliphatic heterocycles. The molecule has 2 amide bonds. The third-order valence-corrected chi connectivity index (χ3v) is 3.72. The fourth-order valence-electron chi connectivity index (χ4n) is 2.53. The van der Waals surface area contributed by atoms with Crippen molar-refractivity contribution in [1.82, 2.24) is 10.3 Å². The van der Waals surface area contributed by atoms with Crippen molar-refractivity contribution < 1.29 is 23.1 Å². The molecule has 9 heteroatoms. The number of aromatic nitrogens is 1. The van der Waals surface area contributed by atoms with Gasteiger partial charge in [-0.25, -0.2) is 13.6 Å². The molecule has 0 aliphatic rings. The van der Waals surface area contributed by atoms with Crippen LogP contribution >= 0.6 is 13.5 Å². The van der Waals surface area contributed by atoms with E-state index in [4.69, 9.17) is 4.74 Å². The molecule has 2 rings (SSSR count). The van der Waals surface area contributed by atoms with E-state index in [1.807, 2.05) is 0 Å². The molecule has 0 spiro atoms. The molecular weight excluding hydrogens is 400 g/mol. The highest BCUT2D eigenvalue weighted by Gasteiger charge is 2.28. The number of nitrogens with one attached hydrogen (secondary N) is 1. The summed E-state index contributed by atoms with van der Waals surface area (Å²) in [6, 6.07) is 5.22. The molecule has 1 heterocycles. The quantitative estimate of drug-likeness (QED) is 0.795. The molecule has 0 saturated heterocycles. The highest BCUT2D eigenvalue weighted by atomic mass is 32.1. The number of anilines is 1. The summed E-state index contributed by atoms with van der Waals surface area (Å²) < 4.78 is 32.3. The van der Waals surface area contributed by atoms with Gasteiger partial charge in [-0.05, 0) is 50.6 Å². The number of halogens is 2. The van der Waals surface area contributed by atoms with E-state index in [1.165, 1.54) is 18.1 Å². The molecule has 0 bridgehead atoms. The van der Waals surface area contributed by atoms with Crippen LogP contribution in [-0.4, -0.2) is 35.7 Å². The van der Waals surface area contributed by atoms with E-state index in [2.05, 4.69) is 10.3 Å². The predicted octanol–water partition coefficient (Wildman–Crippen LogP) is 3.57. The molecule has 1 aromatic heterocycles. The highest BCUT2D eigenvalue weighted by Crippen LogP contribution is 2.16. The van der Waals surface area contributed by atoms with E-state index in [-0.39, 0.29) is 25.5 Å². The number of hydrogen-bond acceptors (Lipinski definition) is 4. The van der Waals surface area contributed by atoms with Crippen LogP contribution in [0.15, 0.2) is 42.7 Å². The Morgan fingerprint density at radius 3 is 2.34 bits per heavy atom. The van der Waals surface area contributed by atoms with Gasteiger partial charge in [0.1, 0.15) is 23.3 Å². The fourth-order valence-corrected chi connectivity index (χ4v) is 2.53. The van der Waals surface area contributed by atoms with Gasteiger partial charge in [0.15, 0.2) is 0 Å². The van der Waals surface area contributed by atoms with Crippen LogP contribution in [0.2, 0.25) is 0 Å². The fraction of sp³-hybridized carbons (Fsp3) is 0.350. The average Bonchev–Trinajstić information content (AvgIpc) is 2.58. The second-order valence-electron chi connectivity index (χ2n) is 7.29. The minimum absolute atomic E-state index is 0. The first-order valence-corrected chi connectivity index (χ1v) is 8.67. The molecule has 0 aliphatic carbocycles. The number of rotatable bonds is 5. The topological polar surface area (TPSA) is 71.5 Å². The second kappa shape index (κ2) is 10.2. The van der Waals surface area contributed by atoms with Gasteiger partial charge in [0.2, 0.25) is 5.91 Å². The van der Waals surface area contributed by atoms with Crippen molar-refractivity contribution in [3.05, 3.63) is 59.9 Å². The predicted molar refractivity (Wildman–Crippen MR) is 111 cm³/mol. The van der Waals surface area contributed by atoms with Crippen molar-refractivity contribution in [2.24, 2.45) is 0 Å². The van der Waals surface area contributed by atoms with Gasteiger partial charge >= 0.3 is 6.09 Å². The van der Waals surface area contributed by atoms with Gasteiger partial charge in [0, 0.05) is 25.7 Å². The van der Waals surface area contributed by atoms with Crippen LogP contribution < -0.4 is 10.2 Å². The molecule has 0 saturated carbocycles. The molecule has 29 heavy (non-hydrogen) atoms. The summed E-state index contributed by atoms with van der Waals surface area (Å²) >= 11 is 0. The molecule has 1 N–H and O–H groups in total. The molecule has 0 fully saturated rings. The van der Waals surface area contributed by atoms with E-state index in [0.717, 1.165) is 18.2 Å². The van der Waals surface area contributed by atoms with Crippen molar-refractivity contribution in [3.63, 3.8) is 0 Å². The summed E-state index contributed by atoms with van der Waals surface area (Å²) in [6.07, 6.45) is 2.14. The van der Waals surface area contributed by atoms with E-state index in [0.29, 0.717) is 5.69 Å². The van der Waals surface area contributed by atoms with Crippen molar-refractivity contribution in [3.8, 4) is 0 Å². The third kappa shape index (κ3) is 7.69. The second-order valence-corrected chi connectivity index (χ2v) is 7.29. The zero-order chi connectivity index (χ0) is 20.9. The average molecular weight is 426 g/mol. The maximum Gasteiger partial charge on any atom is 0.408 e. The molecule has 158 valence electrons. The Morgan fingerprint density at radius 2 is 1.83 bits per heavy atom. The molecular formula is C20H25F2N3O3S. The first-order chi connectivity index (χ1) is 13.0. The summed E-state index contributed by atoms with van der Waals surface area (Å²) in [6.45, 7) is 5.06. The van der Waals surface area contributed by atoms with Crippen LogP contribution in [0.1, 0.15) is 26.3 Å². The van der Waals surface area contributed by atoms with Gasteiger partial charge in [-0.1, -0.05) is 0 Å². The van der Waals surface area contributed by atoms with Crippen molar-refractivity contribution in [2.75, 3.05) is 11.9 Å². The maximum atomic E-state index is 13.5. The lowest BCUT2D eigenvalue weighted by Gasteiger charge is -2.26. The number of hydrogen-bond donors (Lipinski definition) is 1. The minimum Gasteiger partial charge on any atom is -0.444 e. The highest BCUT2D eigenvalue weighted by molar-refractivity contribution is 7.59. The Kier molecular flexibility index (Phi) is 8.57. The Balaban J connectivity index is 0.00000420. The number of likely N-dealkylation sites (N-methyl/N-ethyl adjacent to an activating group) is 1. The first kappa shape index (κ1) is 24.4. The third-order valence-electron chi connectivity index (χ3n) is 3.72. The van der Waals surface area contributed by atoms with Crippen LogP contribution in [0, 0.1) is 11.6 Å². The zero-order valence-corrected chi connectivity index (χ0v) is 17.7. The number of ether oxygens (including phenoxy) is 1. The zero-order valence-electron chi connectivity index (χ0n) is 16.7. The summed E-state index contributed by atoms with van der Waals surface area (Å²) in [7, 11) is 1.52. The lowest BCUT2D eigenvalue weighted by atomic mass is 10.0. The van der Waals surface area contributed by atoms with Gasteiger partial charge in [-0.3, -0.25) is 9.78 Å². The smallest absolute Gasteiger partial charge is 0.408 e. The van der Waals surface area contributed by atoms with Crippen molar-refractivity contribution >= 4 is 31.2 Å². The molecule has 0 radical (unpaired) electrons. The van der Waals surface area contributed by atoms with Crippen LogP contribution in [-0.2, 0) is 16.0 Å². The largest absolute Gasteiger partial charge is 0.444 e. The monoisotopic (exact) mass is 425 g/mol. The van der Waals surface area contributed by atoms with Crippen LogP contribution in [0.3, 0.4) is 0 Å². The number of benzene rings is 1. The lowest BCUT2D eigenvalue weighted by molar-refractivity contribution is -0.120. The Hall–Kier alpha value is -2.68. The Labute approximate surface area is 175 Å². The molecule has 0 unspecified atom stereocenters. The van der Waals surface area contributed by atoms with Gasteiger partial charge in [0.25, 0.3) is 0 Å². The van der Waals surface area contributed by atoms with Crippen molar-refractivity contribution in [2.45, 2.75) is 38.8 Å². The number of carbonyl (C=O) groups is 2.